The van der Waals surface area contributed by atoms with Gasteiger partial charge in [0, 0.05) is 31.7 Å². The number of rotatable bonds is 3. The van der Waals surface area contributed by atoms with Crippen molar-refractivity contribution in [1.29, 1.82) is 0 Å². The summed E-state index contributed by atoms with van der Waals surface area (Å²) in [5.41, 5.74) is 0.928. The molecular weight excluding hydrogens is 274 g/mol. The number of fused-ring (bicyclic) bond motifs is 1. The first kappa shape index (κ1) is 15.5. The summed E-state index contributed by atoms with van der Waals surface area (Å²) in [4.78, 5) is 12.0. The zero-order chi connectivity index (χ0) is 15.7. The summed E-state index contributed by atoms with van der Waals surface area (Å²) in [6, 6.07) is 2.10. The highest BCUT2D eigenvalue weighted by Crippen LogP contribution is 2.35. The van der Waals surface area contributed by atoms with E-state index in [2.05, 4.69) is 48.9 Å². The molecule has 0 N–H and O–H groups in total. The molecule has 0 amide bonds. The first-order valence-electron chi connectivity index (χ1n) is 8.24. The fourth-order valence-corrected chi connectivity index (χ4v) is 3.40. The molecule has 4 heteroatoms. The van der Waals surface area contributed by atoms with Crippen LogP contribution in [-0.2, 0) is 16.8 Å². The molecule has 4 nitrogen and oxygen atoms in total. The fraction of sp³-hybridized carbons (Fsp3) is 0.667. The van der Waals surface area contributed by atoms with E-state index >= 15 is 0 Å². The first-order chi connectivity index (χ1) is 10.5. The van der Waals surface area contributed by atoms with Crippen molar-refractivity contribution >= 4 is 5.82 Å². The molecule has 1 saturated heterocycles. The summed E-state index contributed by atoms with van der Waals surface area (Å²) in [6.07, 6.45) is 7.09. The Bertz CT molecular complexity index is 546. The SMILES string of the molecule is COCc1cc(N2CC3CC=CCC3C2)nc(C(C)(C)C)n1. The van der Waals surface area contributed by atoms with Crippen LogP contribution in [-0.4, -0.2) is 30.2 Å². The molecule has 2 aliphatic rings. The minimum atomic E-state index is -0.0491. The van der Waals surface area contributed by atoms with Gasteiger partial charge in [-0.1, -0.05) is 32.9 Å². The van der Waals surface area contributed by atoms with E-state index in [0.717, 1.165) is 42.3 Å². The molecule has 0 saturated carbocycles. The predicted molar refractivity (Wildman–Crippen MR) is 89.0 cm³/mol. The van der Waals surface area contributed by atoms with Crippen LogP contribution in [0.4, 0.5) is 5.82 Å². The van der Waals surface area contributed by atoms with Crippen LogP contribution < -0.4 is 4.90 Å². The highest BCUT2D eigenvalue weighted by Gasteiger charge is 2.34. The lowest BCUT2D eigenvalue weighted by Gasteiger charge is -2.23. The van der Waals surface area contributed by atoms with Gasteiger partial charge in [-0.25, -0.2) is 9.97 Å². The molecule has 1 aliphatic carbocycles. The van der Waals surface area contributed by atoms with E-state index < -0.39 is 0 Å². The maximum atomic E-state index is 5.29. The van der Waals surface area contributed by atoms with Gasteiger partial charge in [0.1, 0.15) is 11.6 Å². The van der Waals surface area contributed by atoms with Gasteiger partial charge in [-0.15, -0.1) is 0 Å². The van der Waals surface area contributed by atoms with Crippen molar-refractivity contribution < 1.29 is 4.74 Å². The predicted octanol–water partition coefficient (Wildman–Crippen LogP) is 3.32. The van der Waals surface area contributed by atoms with Gasteiger partial charge in [-0.05, 0) is 24.7 Å². The second-order valence-electron chi connectivity index (χ2n) is 7.59. The molecule has 0 bridgehead atoms. The van der Waals surface area contributed by atoms with Crippen molar-refractivity contribution in [2.75, 3.05) is 25.1 Å². The Morgan fingerprint density at radius 2 is 1.77 bits per heavy atom. The van der Waals surface area contributed by atoms with Crippen molar-refractivity contribution in [3.63, 3.8) is 0 Å². The van der Waals surface area contributed by atoms with Crippen LogP contribution in [0.15, 0.2) is 18.2 Å². The van der Waals surface area contributed by atoms with Crippen molar-refractivity contribution in [1.82, 2.24) is 9.97 Å². The third-order valence-electron chi connectivity index (χ3n) is 4.67. The molecule has 22 heavy (non-hydrogen) atoms. The highest BCUT2D eigenvalue weighted by molar-refractivity contribution is 5.42. The Morgan fingerprint density at radius 3 is 2.32 bits per heavy atom. The molecule has 0 radical (unpaired) electrons. The lowest BCUT2D eigenvalue weighted by molar-refractivity contribution is 0.181. The number of ether oxygens (including phenoxy) is 1. The number of methoxy groups -OCH3 is 1. The molecular formula is C18H27N3O. The van der Waals surface area contributed by atoms with Gasteiger partial charge < -0.3 is 9.64 Å². The molecule has 2 atom stereocenters. The molecule has 2 unspecified atom stereocenters. The van der Waals surface area contributed by atoms with Crippen molar-refractivity contribution in [2.24, 2.45) is 11.8 Å². The van der Waals surface area contributed by atoms with E-state index in [4.69, 9.17) is 9.72 Å². The van der Waals surface area contributed by atoms with Gasteiger partial charge in [0.15, 0.2) is 0 Å². The second-order valence-corrected chi connectivity index (χ2v) is 7.59. The fourth-order valence-electron chi connectivity index (χ4n) is 3.40. The van der Waals surface area contributed by atoms with E-state index in [-0.39, 0.29) is 5.41 Å². The molecule has 1 fully saturated rings. The Labute approximate surface area is 133 Å². The summed E-state index contributed by atoms with van der Waals surface area (Å²) in [5.74, 6) is 3.54. The van der Waals surface area contributed by atoms with Gasteiger partial charge in [-0.2, -0.15) is 0 Å². The average molecular weight is 301 g/mol. The summed E-state index contributed by atoms with van der Waals surface area (Å²) in [7, 11) is 1.72. The summed E-state index contributed by atoms with van der Waals surface area (Å²) < 4.78 is 5.29. The smallest absolute Gasteiger partial charge is 0.136 e. The first-order valence-corrected chi connectivity index (χ1v) is 8.24. The molecule has 1 aromatic heterocycles. The lowest BCUT2D eigenvalue weighted by atomic mass is 9.86. The summed E-state index contributed by atoms with van der Waals surface area (Å²) in [6.45, 7) is 9.26. The second kappa shape index (κ2) is 5.99. The van der Waals surface area contributed by atoms with Crippen LogP contribution in [0.2, 0.25) is 0 Å². The summed E-state index contributed by atoms with van der Waals surface area (Å²) >= 11 is 0. The van der Waals surface area contributed by atoms with E-state index in [1.807, 2.05) is 0 Å². The van der Waals surface area contributed by atoms with Crippen molar-refractivity contribution in [2.45, 2.75) is 45.6 Å². The standard InChI is InChI=1S/C18H27N3O/c1-18(2,3)17-19-15(12-22-4)9-16(20-17)21-10-13-7-5-6-8-14(13)11-21/h5-6,9,13-14H,7-8,10-12H2,1-4H3. The molecule has 2 heterocycles. The number of anilines is 1. The number of hydrogen-bond donors (Lipinski definition) is 0. The maximum absolute atomic E-state index is 5.29. The van der Waals surface area contributed by atoms with Crippen LogP contribution in [0.1, 0.15) is 45.1 Å². The third kappa shape index (κ3) is 3.17. The lowest BCUT2D eigenvalue weighted by Crippen LogP contribution is -2.25. The van der Waals surface area contributed by atoms with Crippen molar-refractivity contribution in [3.8, 4) is 0 Å². The minimum absolute atomic E-state index is 0.0491. The third-order valence-corrected chi connectivity index (χ3v) is 4.67. The quantitative estimate of drug-likeness (QED) is 0.803. The highest BCUT2D eigenvalue weighted by atomic mass is 16.5. The van der Waals surface area contributed by atoms with Gasteiger partial charge >= 0.3 is 0 Å². The molecule has 3 rings (SSSR count). The van der Waals surface area contributed by atoms with Crippen LogP contribution in [0.3, 0.4) is 0 Å². The maximum Gasteiger partial charge on any atom is 0.136 e. The summed E-state index contributed by atoms with van der Waals surface area (Å²) in [5, 5.41) is 0. The number of nitrogens with zero attached hydrogens (tertiary/aromatic N) is 3. The van der Waals surface area contributed by atoms with Crippen LogP contribution in [0.5, 0.6) is 0 Å². The van der Waals surface area contributed by atoms with E-state index in [1.165, 1.54) is 12.8 Å². The molecule has 1 aliphatic heterocycles. The molecule has 1 aromatic rings. The molecule has 0 spiro atoms. The zero-order valence-electron chi connectivity index (χ0n) is 14.2. The minimum Gasteiger partial charge on any atom is -0.378 e. The number of hydrogen-bond acceptors (Lipinski definition) is 4. The Hall–Kier alpha value is -1.42. The number of allylic oxidation sites excluding steroid dienone is 2. The van der Waals surface area contributed by atoms with E-state index in [9.17, 15) is 0 Å². The van der Waals surface area contributed by atoms with E-state index in [0.29, 0.717) is 6.61 Å². The largest absolute Gasteiger partial charge is 0.378 e. The van der Waals surface area contributed by atoms with Crippen LogP contribution in [0, 0.1) is 11.8 Å². The number of aromatic nitrogens is 2. The monoisotopic (exact) mass is 301 g/mol. The normalized spacial score (nSPS) is 24.6. The Kier molecular flexibility index (Phi) is 4.22. The van der Waals surface area contributed by atoms with Gasteiger partial charge in [-0.3, -0.25) is 0 Å². The molecule has 120 valence electrons. The van der Waals surface area contributed by atoms with Crippen LogP contribution >= 0.6 is 0 Å². The van der Waals surface area contributed by atoms with Crippen molar-refractivity contribution in [3.05, 3.63) is 29.7 Å². The zero-order valence-corrected chi connectivity index (χ0v) is 14.2. The van der Waals surface area contributed by atoms with Gasteiger partial charge in [0.25, 0.3) is 0 Å². The van der Waals surface area contributed by atoms with Gasteiger partial charge in [0.05, 0.1) is 12.3 Å². The topological polar surface area (TPSA) is 38.2 Å². The van der Waals surface area contributed by atoms with E-state index in [1.54, 1.807) is 7.11 Å². The van der Waals surface area contributed by atoms with Crippen LogP contribution in [0.25, 0.3) is 0 Å². The van der Waals surface area contributed by atoms with Gasteiger partial charge in [0.2, 0.25) is 0 Å². The Morgan fingerprint density at radius 1 is 1.14 bits per heavy atom. The molecule has 0 aromatic carbocycles. The average Bonchev–Trinajstić information content (AvgIpc) is 2.90. The Balaban J connectivity index is 1.88.